The first-order chi connectivity index (χ1) is 14.6. The van der Waals surface area contributed by atoms with Gasteiger partial charge >= 0.3 is 0 Å². The van der Waals surface area contributed by atoms with Crippen LogP contribution in [0.25, 0.3) is 22.8 Å². The van der Waals surface area contributed by atoms with Gasteiger partial charge in [-0.2, -0.15) is 10.2 Å². The molecule has 1 aliphatic heterocycles. The molecule has 1 aliphatic carbocycles. The van der Waals surface area contributed by atoms with Crippen LogP contribution in [-0.4, -0.2) is 29.3 Å². The van der Waals surface area contributed by atoms with Crippen LogP contribution >= 0.6 is 0 Å². The zero-order valence-electron chi connectivity index (χ0n) is 17.2. The first-order valence-electron chi connectivity index (χ1n) is 10.5. The Morgan fingerprint density at radius 1 is 1.23 bits per heavy atom. The molecule has 2 heterocycles. The van der Waals surface area contributed by atoms with Gasteiger partial charge in [-0.15, -0.1) is 0 Å². The maximum atomic E-state index is 9.49. The molecule has 1 spiro atoms. The first kappa shape index (κ1) is 18.8. The van der Waals surface area contributed by atoms with E-state index in [1.54, 1.807) is 12.1 Å². The quantitative estimate of drug-likeness (QED) is 0.705. The molecule has 0 bridgehead atoms. The van der Waals surface area contributed by atoms with Crippen LogP contribution in [-0.2, 0) is 11.8 Å². The highest BCUT2D eigenvalue weighted by Gasteiger charge is 2.42. The van der Waals surface area contributed by atoms with Crippen LogP contribution in [0.5, 0.6) is 5.75 Å². The Morgan fingerprint density at radius 3 is 2.90 bits per heavy atom. The molecule has 30 heavy (non-hydrogen) atoms. The Morgan fingerprint density at radius 2 is 2.13 bits per heavy atom. The van der Waals surface area contributed by atoms with E-state index in [0.717, 1.165) is 25.1 Å². The Kier molecular flexibility index (Phi) is 4.56. The van der Waals surface area contributed by atoms with Crippen LogP contribution in [0.4, 0.5) is 0 Å². The second kappa shape index (κ2) is 7.26. The predicted molar refractivity (Wildman–Crippen MR) is 113 cm³/mol. The van der Waals surface area contributed by atoms with Gasteiger partial charge in [0.1, 0.15) is 11.8 Å². The Balaban J connectivity index is 1.49. The van der Waals surface area contributed by atoms with Crippen LogP contribution in [0.1, 0.15) is 43.4 Å². The van der Waals surface area contributed by atoms with Gasteiger partial charge in [-0.05, 0) is 69.0 Å². The highest BCUT2D eigenvalue weighted by molar-refractivity contribution is 5.67. The molecule has 2 aliphatic rings. The molecule has 5 rings (SSSR count). The Hall–Kier alpha value is -3.17. The third-order valence-electron chi connectivity index (χ3n) is 6.22. The number of fused-ring (bicyclic) bond motifs is 2. The monoisotopic (exact) mass is 400 g/mol. The van der Waals surface area contributed by atoms with Crippen LogP contribution < -0.4 is 10.1 Å². The van der Waals surface area contributed by atoms with Crippen molar-refractivity contribution in [1.82, 2.24) is 15.5 Å². The molecule has 2 aromatic carbocycles. The van der Waals surface area contributed by atoms with Crippen molar-refractivity contribution in [2.45, 2.75) is 44.6 Å². The van der Waals surface area contributed by atoms with Gasteiger partial charge < -0.3 is 14.6 Å². The van der Waals surface area contributed by atoms with E-state index < -0.39 is 0 Å². The van der Waals surface area contributed by atoms with E-state index in [1.807, 2.05) is 19.9 Å². The van der Waals surface area contributed by atoms with E-state index in [2.05, 4.69) is 39.7 Å². The number of aromatic nitrogens is 2. The van der Waals surface area contributed by atoms with Crippen LogP contribution in [0.15, 0.2) is 40.9 Å². The van der Waals surface area contributed by atoms with E-state index in [-0.39, 0.29) is 11.5 Å². The number of benzene rings is 2. The van der Waals surface area contributed by atoms with Gasteiger partial charge in [0, 0.05) is 23.1 Å². The first-order valence-corrected chi connectivity index (χ1v) is 10.5. The van der Waals surface area contributed by atoms with Gasteiger partial charge in [-0.25, -0.2) is 0 Å². The van der Waals surface area contributed by atoms with E-state index in [9.17, 15) is 5.26 Å². The summed E-state index contributed by atoms with van der Waals surface area (Å²) in [5, 5.41) is 17.3. The fourth-order valence-electron chi connectivity index (χ4n) is 4.81. The lowest BCUT2D eigenvalue weighted by Gasteiger charge is -2.23. The number of hydrogen-bond donors (Lipinski definition) is 1. The molecule has 152 valence electrons. The predicted octanol–water partition coefficient (Wildman–Crippen LogP) is 4.24. The van der Waals surface area contributed by atoms with Gasteiger partial charge in [0.2, 0.25) is 5.82 Å². The lowest BCUT2D eigenvalue weighted by Crippen LogP contribution is -2.25. The molecule has 1 saturated heterocycles. The summed E-state index contributed by atoms with van der Waals surface area (Å²) in [6, 6.07) is 14.0. The summed E-state index contributed by atoms with van der Waals surface area (Å²) in [5.74, 6) is 1.57. The molecule has 3 aromatic rings. The summed E-state index contributed by atoms with van der Waals surface area (Å²) in [5.41, 5.74) is 5.24. The molecule has 0 saturated carbocycles. The molecular formula is C24H24N4O2. The van der Waals surface area contributed by atoms with Gasteiger partial charge in [0.05, 0.1) is 11.7 Å². The topological polar surface area (TPSA) is 84.0 Å². The second-order valence-corrected chi connectivity index (χ2v) is 8.45. The summed E-state index contributed by atoms with van der Waals surface area (Å²) < 4.78 is 11.3. The Bertz CT molecular complexity index is 1140. The van der Waals surface area contributed by atoms with Crippen molar-refractivity contribution in [3.05, 3.63) is 53.1 Å². The van der Waals surface area contributed by atoms with Crippen molar-refractivity contribution < 1.29 is 9.26 Å². The second-order valence-electron chi connectivity index (χ2n) is 8.45. The molecule has 6 nitrogen and oxygen atoms in total. The molecular weight excluding hydrogens is 376 g/mol. The van der Waals surface area contributed by atoms with Crippen LogP contribution in [0, 0.1) is 11.3 Å². The number of nitrogens with zero attached hydrogens (tertiary/aromatic N) is 3. The normalized spacial score (nSPS) is 19.9. The summed E-state index contributed by atoms with van der Waals surface area (Å²) >= 11 is 0. The third-order valence-corrected chi connectivity index (χ3v) is 6.22. The molecule has 1 aromatic heterocycles. The van der Waals surface area contributed by atoms with Gasteiger partial charge in [0.25, 0.3) is 5.89 Å². The van der Waals surface area contributed by atoms with Crippen molar-refractivity contribution >= 4 is 0 Å². The zero-order valence-corrected chi connectivity index (χ0v) is 17.2. The summed E-state index contributed by atoms with van der Waals surface area (Å²) in [6.07, 6.45) is 3.39. The number of rotatable bonds is 4. The maximum Gasteiger partial charge on any atom is 0.258 e. The molecule has 0 amide bonds. The SMILES string of the molecule is CC(C)Oc1ccc(-c2nc(-c3cccc4c3CCC43CCNC3)no2)cc1C#N. The van der Waals surface area contributed by atoms with Gasteiger partial charge in [-0.1, -0.05) is 23.4 Å². The van der Waals surface area contributed by atoms with E-state index in [1.165, 1.54) is 24.0 Å². The Labute approximate surface area is 175 Å². The molecule has 6 heteroatoms. The number of nitriles is 1. The minimum Gasteiger partial charge on any atom is -0.490 e. The highest BCUT2D eigenvalue weighted by Crippen LogP contribution is 2.46. The standard InChI is InChI=1S/C24H24N4O2/c1-15(2)29-21-7-6-16(12-17(21)13-25)23-27-22(28-30-23)19-4-3-5-20-18(19)8-9-24(20)10-11-26-14-24/h3-7,12,15,26H,8-11,14H2,1-2H3. The van der Waals surface area contributed by atoms with Crippen molar-refractivity contribution in [3.8, 4) is 34.7 Å². The average Bonchev–Trinajstić information content (AvgIpc) is 3.49. The summed E-state index contributed by atoms with van der Waals surface area (Å²) in [4.78, 5) is 4.67. The molecule has 1 fully saturated rings. The fraction of sp³-hybridized carbons (Fsp3) is 0.375. The van der Waals surface area contributed by atoms with Crippen LogP contribution in [0.3, 0.4) is 0 Å². The zero-order chi connectivity index (χ0) is 20.7. The lowest BCUT2D eigenvalue weighted by atomic mass is 9.81. The van der Waals surface area contributed by atoms with Crippen molar-refractivity contribution in [2.24, 2.45) is 0 Å². The number of hydrogen-bond acceptors (Lipinski definition) is 6. The molecule has 1 atom stereocenters. The van der Waals surface area contributed by atoms with Crippen molar-refractivity contribution in [1.29, 1.82) is 5.26 Å². The maximum absolute atomic E-state index is 9.49. The number of ether oxygens (including phenoxy) is 1. The summed E-state index contributed by atoms with van der Waals surface area (Å²) in [6.45, 7) is 5.99. The fourth-order valence-corrected chi connectivity index (χ4v) is 4.81. The lowest BCUT2D eigenvalue weighted by molar-refractivity contribution is 0.242. The van der Waals surface area contributed by atoms with Crippen molar-refractivity contribution in [2.75, 3.05) is 13.1 Å². The van der Waals surface area contributed by atoms with Crippen LogP contribution in [0.2, 0.25) is 0 Å². The summed E-state index contributed by atoms with van der Waals surface area (Å²) in [7, 11) is 0. The van der Waals surface area contributed by atoms with Gasteiger partial charge in [-0.3, -0.25) is 0 Å². The minimum absolute atomic E-state index is 0.00325. The van der Waals surface area contributed by atoms with Gasteiger partial charge in [0.15, 0.2) is 0 Å². The third kappa shape index (κ3) is 3.06. The largest absolute Gasteiger partial charge is 0.490 e. The highest BCUT2D eigenvalue weighted by atomic mass is 16.5. The minimum atomic E-state index is -0.00325. The van der Waals surface area contributed by atoms with E-state index >= 15 is 0 Å². The molecule has 0 radical (unpaired) electrons. The molecule has 1 N–H and O–H groups in total. The number of nitrogens with one attached hydrogen (secondary N) is 1. The smallest absolute Gasteiger partial charge is 0.258 e. The van der Waals surface area contributed by atoms with Crippen molar-refractivity contribution in [3.63, 3.8) is 0 Å². The molecule has 1 unspecified atom stereocenters. The van der Waals surface area contributed by atoms with E-state index in [4.69, 9.17) is 9.26 Å². The average molecular weight is 400 g/mol. The van der Waals surface area contributed by atoms with E-state index in [0.29, 0.717) is 28.6 Å².